The van der Waals surface area contributed by atoms with Crippen molar-refractivity contribution in [3.63, 3.8) is 0 Å². The molecule has 5 heteroatoms. The molecule has 350 valence electrons. The molecule has 0 saturated heterocycles. The van der Waals surface area contributed by atoms with Gasteiger partial charge in [-0.2, -0.15) is 0 Å². The van der Waals surface area contributed by atoms with Gasteiger partial charge in [0.1, 0.15) is 6.61 Å². The van der Waals surface area contributed by atoms with Gasteiger partial charge in [0, 0.05) is 12.8 Å². The first-order valence-electron chi connectivity index (χ1n) is 25.6. The van der Waals surface area contributed by atoms with Crippen LogP contribution in [-0.2, 0) is 19.1 Å². The number of aliphatic hydroxyl groups excluding tert-OH is 1. The van der Waals surface area contributed by atoms with Gasteiger partial charge in [-0.3, -0.25) is 9.59 Å². The zero-order chi connectivity index (χ0) is 44.2. The van der Waals surface area contributed by atoms with Crippen molar-refractivity contribution in [2.75, 3.05) is 13.2 Å². The summed E-state index contributed by atoms with van der Waals surface area (Å²) in [6.45, 7) is 3.98. The second-order valence-electron chi connectivity index (χ2n) is 16.9. The van der Waals surface area contributed by atoms with Gasteiger partial charge >= 0.3 is 11.9 Å². The third-order valence-corrected chi connectivity index (χ3v) is 10.9. The molecule has 0 amide bonds. The van der Waals surface area contributed by atoms with E-state index in [9.17, 15) is 14.7 Å². The molecule has 0 aromatic rings. The highest BCUT2D eigenvalue weighted by Crippen LogP contribution is 2.15. The van der Waals surface area contributed by atoms with Crippen LogP contribution in [0.4, 0.5) is 0 Å². The standard InChI is InChI=1S/C56H96O5/c1-3-5-7-9-11-13-15-17-19-20-21-22-23-24-25-26-27-28-29-30-31-32-33-34-35-36-37-39-41-43-45-47-49-51-56(59)61-54(52-57)53-60-55(58)50-48-46-44-42-40-38-18-16-14-12-10-8-6-4-2/h5,7,10-13,16-19,21-22,24-25,54,57H,3-4,6,8-9,14-15,20,23,26-53H2,1-2H3/b7-5-,12-10-,13-11-,18-16-,19-17-,22-21-,25-24-. The van der Waals surface area contributed by atoms with E-state index in [-0.39, 0.29) is 25.2 Å². The zero-order valence-electron chi connectivity index (χ0n) is 39.9. The van der Waals surface area contributed by atoms with Gasteiger partial charge in [-0.15, -0.1) is 0 Å². The zero-order valence-corrected chi connectivity index (χ0v) is 39.9. The lowest BCUT2D eigenvalue weighted by molar-refractivity contribution is -0.161. The largest absolute Gasteiger partial charge is 0.462 e. The molecule has 0 aliphatic heterocycles. The summed E-state index contributed by atoms with van der Waals surface area (Å²) in [5, 5.41) is 9.61. The Balaban J connectivity index is 3.48. The second-order valence-corrected chi connectivity index (χ2v) is 16.9. The maximum Gasteiger partial charge on any atom is 0.306 e. The monoisotopic (exact) mass is 849 g/mol. The quantitative estimate of drug-likeness (QED) is 0.0375. The van der Waals surface area contributed by atoms with E-state index in [0.717, 1.165) is 83.5 Å². The highest BCUT2D eigenvalue weighted by atomic mass is 16.6. The van der Waals surface area contributed by atoms with Crippen molar-refractivity contribution in [3.8, 4) is 0 Å². The number of aliphatic hydroxyl groups is 1. The molecule has 1 N–H and O–H groups in total. The van der Waals surface area contributed by atoms with Gasteiger partial charge in [-0.25, -0.2) is 0 Å². The van der Waals surface area contributed by atoms with E-state index in [4.69, 9.17) is 9.47 Å². The summed E-state index contributed by atoms with van der Waals surface area (Å²) in [4.78, 5) is 24.4. The van der Waals surface area contributed by atoms with Crippen LogP contribution in [0.2, 0.25) is 0 Å². The number of carbonyl (C=O) groups excluding carboxylic acids is 2. The molecule has 0 spiro atoms. The first-order valence-corrected chi connectivity index (χ1v) is 25.6. The summed E-state index contributed by atoms with van der Waals surface area (Å²) in [5.41, 5.74) is 0. The van der Waals surface area contributed by atoms with Crippen LogP contribution in [0.15, 0.2) is 85.1 Å². The number of rotatable bonds is 46. The Hall–Kier alpha value is -2.92. The average molecular weight is 849 g/mol. The predicted molar refractivity (Wildman–Crippen MR) is 265 cm³/mol. The lowest BCUT2D eigenvalue weighted by Gasteiger charge is -2.15. The molecule has 0 saturated carbocycles. The minimum atomic E-state index is -0.780. The molecule has 0 aromatic carbocycles. The molecule has 0 aromatic heterocycles. The summed E-state index contributed by atoms with van der Waals surface area (Å²) in [7, 11) is 0. The predicted octanol–water partition coefficient (Wildman–Crippen LogP) is 17.0. The van der Waals surface area contributed by atoms with Gasteiger partial charge in [0.05, 0.1) is 6.61 Å². The Labute approximate surface area is 377 Å². The number of hydrogen-bond acceptors (Lipinski definition) is 5. The van der Waals surface area contributed by atoms with Crippen LogP contribution in [0.3, 0.4) is 0 Å². The van der Waals surface area contributed by atoms with Crippen molar-refractivity contribution in [2.24, 2.45) is 0 Å². The Morgan fingerprint density at radius 3 is 1.07 bits per heavy atom. The van der Waals surface area contributed by atoms with Crippen molar-refractivity contribution in [2.45, 2.75) is 245 Å². The van der Waals surface area contributed by atoms with Gasteiger partial charge < -0.3 is 14.6 Å². The number of hydrogen-bond donors (Lipinski definition) is 1. The van der Waals surface area contributed by atoms with E-state index in [1.807, 2.05) is 0 Å². The van der Waals surface area contributed by atoms with Crippen molar-refractivity contribution in [3.05, 3.63) is 85.1 Å². The fraction of sp³-hybridized carbons (Fsp3) is 0.714. The van der Waals surface area contributed by atoms with Crippen molar-refractivity contribution >= 4 is 11.9 Å². The van der Waals surface area contributed by atoms with Gasteiger partial charge in [-0.1, -0.05) is 227 Å². The van der Waals surface area contributed by atoms with Crippen LogP contribution in [0.5, 0.6) is 0 Å². The summed E-state index contributed by atoms with van der Waals surface area (Å²) < 4.78 is 10.6. The smallest absolute Gasteiger partial charge is 0.306 e. The van der Waals surface area contributed by atoms with Crippen molar-refractivity contribution < 1.29 is 24.2 Å². The number of allylic oxidation sites excluding steroid dienone is 14. The van der Waals surface area contributed by atoms with Gasteiger partial charge in [0.2, 0.25) is 0 Å². The Kier molecular flexibility index (Phi) is 49.0. The average Bonchev–Trinajstić information content (AvgIpc) is 3.26. The molecule has 1 unspecified atom stereocenters. The van der Waals surface area contributed by atoms with Crippen LogP contribution < -0.4 is 0 Å². The maximum atomic E-state index is 12.3. The molecule has 0 heterocycles. The highest BCUT2D eigenvalue weighted by molar-refractivity contribution is 5.70. The third-order valence-electron chi connectivity index (χ3n) is 10.9. The van der Waals surface area contributed by atoms with Crippen LogP contribution in [0.25, 0.3) is 0 Å². The summed E-state index contributed by atoms with van der Waals surface area (Å²) >= 11 is 0. The molecule has 5 nitrogen and oxygen atoms in total. The first kappa shape index (κ1) is 58.1. The minimum Gasteiger partial charge on any atom is -0.462 e. The molecule has 0 aliphatic carbocycles. The fourth-order valence-electron chi connectivity index (χ4n) is 7.07. The molecule has 0 rings (SSSR count). The van der Waals surface area contributed by atoms with E-state index in [1.165, 1.54) is 128 Å². The molecule has 0 fully saturated rings. The van der Waals surface area contributed by atoms with E-state index < -0.39 is 6.10 Å². The van der Waals surface area contributed by atoms with Crippen molar-refractivity contribution in [1.82, 2.24) is 0 Å². The summed E-state index contributed by atoms with van der Waals surface area (Å²) in [6.07, 6.45) is 71.1. The van der Waals surface area contributed by atoms with Crippen LogP contribution in [0.1, 0.15) is 239 Å². The Morgan fingerprint density at radius 2 is 0.705 bits per heavy atom. The van der Waals surface area contributed by atoms with Crippen LogP contribution in [0, 0.1) is 0 Å². The van der Waals surface area contributed by atoms with E-state index in [0.29, 0.717) is 12.8 Å². The molecular weight excluding hydrogens is 753 g/mol. The van der Waals surface area contributed by atoms with Crippen LogP contribution in [-0.4, -0.2) is 36.4 Å². The normalized spacial score (nSPS) is 12.9. The molecule has 0 bridgehead atoms. The number of ether oxygens (including phenoxy) is 2. The first-order chi connectivity index (χ1) is 30.1. The summed E-state index contributed by atoms with van der Waals surface area (Å²) in [6, 6.07) is 0. The molecule has 61 heavy (non-hydrogen) atoms. The molecule has 0 aliphatic rings. The molecule has 1 atom stereocenters. The lowest BCUT2D eigenvalue weighted by Crippen LogP contribution is -2.28. The van der Waals surface area contributed by atoms with Gasteiger partial charge in [0.15, 0.2) is 6.10 Å². The van der Waals surface area contributed by atoms with E-state index >= 15 is 0 Å². The minimum absolute atomic E-state index is 0.0743. The van der Waals surface area contributed by atoms with Gasteiger partial charge in [0.25, 0.3) is 0 Å². The molecule has 0 radical (unpaired) electrons. The van der Waals surface area contributed by atoms with Crippen LogP contribution >= 0.6 is 0 Å². The Morgan fingerprint density at radius 1 is 0.393 bits per heavy atom. The highest BCUT2D eigenvalue weighted by Gasteiger charge is 2.16. The Bertz CT molecular complexity index is 1140. The van der Waals surface area contributed by atoms with E-state index in [2.05, 4.69) is 98.9 Å². The number of unbranched alkanes of at least 4 members (excludes halogenated alkanes) is 24. The molecular formula is C56H96O5. The lowest BCUT2D eigenvalue weighted by atomic mass is 10.0. The van der Waals surface area contributed by atoms with Crippen molar-refractivity contribution in [1.29, 1.82) is 0 Å². The fourth-order valence-corrected chi connectivity index (χ4v) is 7.07. The van der Waals surface area contributed by atoms with Gasteiger partial charge in [-0.05, 0) is 83.5 Å². The number of carbonyl (C=O) groups is 2. The van der Waals surface area contributed by atoms with E-state index in [1.54, 1.807) is 0 Å². The SMILES string of the molecule is CC/C=C\C/C=C\C/C=C\C/C=C\C/C=C\CCCCCCCCCCCCCCCCCCCC(=O)OC(CO)COC(=O)CCCCCCC/C=C\C/C=C\CCCC. The summed E-state index contributed by atoms with van der Waals surface area (Å²) in [5.74, 6) is -0.605. The topological polar surface area (TPSA) is 72.8 Å². The third kappa shape index (κ3) is 49.6. The second kappa shape index (κ2) is 51.4. The maximum absolute atomic E-state index is 12.3. The number of esters is 2.